The highest BCUT2D eigenvalue weighted by Gasteiger charge is 2.11. The summed E-state index contributed by atoms with van der Waals surface area (Å²) >= 11 is 0. The fourth-order valence-electron chi connectivity index (χ4n) is 2.22. The molecule has 0 spiro atoms. The van der Waals surface area contributed by atoms with Gasteiger partial charge in [0.1, 0.15) is 5.52 Å². The van der Waals surface area contributed by atoms with E-state index < -0.39 is 0 Å². The third-order valence-electron chi connectivity index (χ3n) is 3.11. The second kappa shape index (κ2) is 4.12. The maximum atomic E-state index is 5.78. The van der Waals surface area contributed by atoms with Crippen LogP contribution in [0.25, 0.3) is 16.7 Å². The van der Waals surface area contributed by atoms with Crippen molar-refractivity contribution in [3.63, 3.8) is 0 Å². The topological polar surface area (TPSA) is 26.0 Å². The zero-order valence-corrected chi connectivity index (χ0v) is 9.28. The standard InChI is InChI=1S/C14H15NO/c1-2-4-8-11(7-3-1)14-15-12-9-5-6-10-13(12)16-14/h5-7,9-10H,1-4,8H2. The highest BCUT2D eigenvalue weighted by Crippen LogP contribution is 2.27. The lowest BCUT2D eigenvalue weighted by molar-refractivity contribution is 0.579. The van der Waals surface area contributed by atoms with Crippen molar-refractivity contribution < 1.29 is 4.42 Å². The van der Waals surface area contributed by atoms with Gasteiger partial charge in [0.15, 0.2) is 5.58 Å². The molecule has 1 heterocycles. The summed E-state index contributed by atoms with van der Waals surface area (Å²) in [5, 5.41) is 0. The lowest BCUT2D eigenvalue weighted by atomic mass is 10.1. The van der Waals surface area contributed by atoms with Crippen LogP contribution in [0.4, 0.5) is 0 Å². The van der Waals surface area contributed by atoms with E-state index in [9.17, 15) is 0 Å². The van der Waals surface area contributed by atoms with E-state index in [1.54, 1.807) is 0 Å². The van der Waals surface area contributed by atoms with Gasteiger partial charge in [0.05, 0.1) is 0 Å². The number of aromatic nitrogens is 1. The van der Waals surface area contributed by atoms with Crippen LogP contribution in [0.15, 0.2) is 34.8 Å². The van der Waals surface area contributed by atoms with Crippen molar-refractivity contribution in [2.24, 2.45) is 0 Å². The molecule has 1 aromatic carbocycles. The minimum Gasteiger partial charge on any atom is -0.436 e. The van der Waals surface area contributed by atoms with Crippen molar-refractivity contribution in [3.05, 3.63) is 36.2 Å². The number of rotatable bonds is 1. The van der Waals surface area contributed by atoms with Crippen molar-refractivity contribution in [1.82, 2.24) is 4.98 Å². The van der Waals surface area contributed by atoms with Crippen LogP contribution in [0.3, 0.4) is 0 Å². The molecule has 2 aromatic rings. The van der Waals surface area contributed by atoms with Gasteiger partial charge in [0.2, 0.25) is 5.89 Å². The average molecular weight is 213 g/mol. The molecule has 0 unspecified atom stereocenters. The molecule has 0 bridgehead atoms. The summed E-state index contributed by atoms with van der Waals surface area (Å²) in [6, 6.07) is 7.96. The van der Waals surface area contributed by atoms with E-state index in [-0.39, 0.29) is 0 Å². The Morgan fingerprint density at radius 3 is 2.94 bits per heavy atom. The number of benzene rings is 1. The molecule has 0 N–H and O–H groups in total. The lowest BCUT2D eigenvalue weighted by Crippen LogP contribution is -1.83. The zero-order valence-electron chi connectivity index (χ0n) is 9.28. The predicted octanol–water partition coefficient (Wildman–Crippen LogP) is 4.18. The van der Waals surface area contributed by atoms with Crippen LogP contribution in [-0.2, 0) is 0 Å². The Bertz CT molecular complexity index is 491. The Labute approximate surface area is 95.0 Å². The van der Waals surface area contributed by atoms with Crippen molar-refractivity contribution in [3.8, 4) is 0 Å². The van der Waals surface area contributed by atoms with Crippen LogP contribution in [-0.4, -0.2) is 4.98 Å². The van der Waals surface area contributed by atoms with Gasteiger partial charge in [-0.25, -0.2) is 4.98 Å². The summed E-state index contributed by atoms with van der Waals surface area (Å²) in [5.74, 6) is 0.822. The van der Waals surface area contributed by atoms with E-state index in [1.807, 2.05) is 24.3 Å². The van der Waals surface area contributed by atoms with Crippen LogP contribution < -0.4 is 0 Å². The second-order valence-corrected chi connectivity index (χ2v) is 4.32. The maximum Gasteiger partial charge on any atom is 0.222 e. The van der Waals surface area contributed by atoms with Crippen LogP contribution >= 0.6 is 0 Å². The number of fused-ring (bicyclic) bond motifs is 1. The summed E-state index contributed by atoms with van der Waals surface area (Å²) in [5.41, 5.74) is 3.14. The molecule has 0 fully saturated rings. The summed E-state index contributed by atoms with van der Waals surface area (Å²) in [7, 11) is 0. The largest absolute Gasteiger partial charge is 0.436 e. The molecule has 1 aliphatic rings. The fourth-order valence-corrected chi connectivity index (χ4v) is 2.22. The Kier molecular flexibility index (Phi) is 2.49. The molecule has 0 atom stereocenters. The third-order valence-corrected chi connectivity index (χ3v) is 3.11. The average Bonchev–Trinajstić information content (AvgIpc) is 2.56. The Morgan fingerprint density at radius 2 is 2.00 bits per heavy atom. The summed E-state index contributed by atoms with van der Waals surface area (Å²) in [6.45, 7) is 0. The van der Waals surface area contributed by atoms with E-state index in [0.29, 0.717) is 0 Å². The number of oxazole rings is 1. The Hall–Kier alpha value is -1.57. The number of para-hydroxylation sites is 2. The molecule has 0 amide bonds. The van der Waals surface area contributed by atoms with E-state index in [0.717, 1.165) is 29.8 Å². The molecule has 0 aliphatic heterocycles. The number of nitrogens with zero attached hydrogens (tertiary/aromatic N) is 1. The minimum atomic E-state index is 0.822. The van der Waals surface area contributed by atoms with E-state index >= 15 is 0 Å². The molecule has 1 aromatic heterocycles. The van der Waals surface area contributed by atoms with Crippen molar-refractivity contribution >= 4 is 16.7 Å². The fraction of sp³-hybridized carbons (Fsp3) is 0.357. The lowest BCUT2D eigenvalue weighted by Gasteiger charge is -1.97. The molecule has 1 aliphatic carbocycles. The number of allylic oxidation sites excluding steroid dienone is 2. The van der Waals surface area contributed by atoms with Gasteiger partial charge in [0, 0.05) is 5.57 Å². The Morgan fingerprint density at radius 1 is 1.06 bits per heavy atom. The molecule has 0 saturated heterocycles. The predicted molar refractivity (Wildman–Crippen MR) is 65.1 cm³/mol. The molecule has 2 nitrogen and oxygen atoms in total. The van der Waals surface area contributed by atoms with Crippen molar-refractivity contribution in [2.75, 3.05) is 0 Å². The highest BCUT2D eigenvalue weighted by atomic mass is 16.3. The smallest absolute Gasteiger partial charge is 0.222 e. The highest BCUT2D eigenvalue weighted by molar-refractivity contribution is 5.75. The van der Waals surface area contributed by atoms with Crippen LogP contribution in [0, 0.1) is 0 Å². The summed E-state index contributed by atoms with van der Waals surface area (Å²) in [4.78, 5) is 4.54. The van der Waals surface area contributed by atoms with Gasteiger partial charge < -0.3 is 4.42 Å². The van der Waals surface area contributed by atoms with Crippen LogP contribution in [0.1, 0.15) is 38.0 Å². The van der Waals surface area contributed by atoms with Gasteiger partial charge in [-0.05, 0) is 37.8 Å². The van der Waals surface area contributed by atoms with E-state index in [1.165, 1.54) is 24.8 Å². The first-order valence-corrected chi connectivity index (χ1v) is 5.98. The van der Waals surface area contributed by atoms with E-state index in [2.05, 4.69) is 11.1 Å². The molecular formula is C14H15NO. The molecule has 0 saturated carbocycles. The molecule has 82 valence electrons. The first-order chi connectivity index (χ1) is 7.93. The van der Waals surface area contributed by atoms with Gasteiger partial charge in [-0.2, -0.15) is 0 Å². The van der Waals surface area contributed by atoms with Crippen LogP contribution in [0.5, 0.6) is 0 Å². The van der Waals surface area contributed by atoms with Gasteiger partial charge in [-0.1, -0.05) is 24.6 Å². The van der Waals surface area contributed by atoms with Crippen molar-refractivity contribution in [2.45, 2.75) is 32.1 Å². The second-order valence-electron chi connectivity index (χ2n) is 4.32. The van der Waals surface area contributed by atoms with Gasteiger partial charge in [0.25, 0.3) is 0 Å². The molecule has 0 radical (unpaired) electrons. The molecule has 3 rings (SSSR count). The first kappa shape index (κ1) is 9.64. The van der Waals surface area contributed by atoms with Crippen molar-refractivity contribution in [1.29, 1.82) is 0 Å². The number of hydrogen-bond acceptors (Lipinski definition) is 2. The molecule has 16 heavy (non-hydrogen) atoms. The van der Waals surface area contributed by atoms with Gasteiger partial charge >= 0.3 is 0 Å². The zero-order chi connectivity index (χ0) is 10.8. The van der Waals surface area contributed by atoms with E-state index in [4.69, 9.17) is 4.42 Å². The van der Waals surface area contributed by atoms with Crippen LogP contribution in [0.2, 0.25) is 0 Å². The van der Waals surface area contributed by atoms with Gasteiger partial charge in [-0.3, -0.25) is 0 Å². The maximum absolute atomic E-state index is 5.78. The quantitative estimate of drug-likeness (QED) is 0.710. The molecular weight excluding hydrogens is 198 g/mol. The van der Waals surface area contributed by atoms with Gasteiger partial charge in [-0.15, -0.1) is 0 Å². The SMILES string of the molecule is C1=C(c2nc3ccccc3o2)CCCCC1. The first-order valence-electron chi connectivity index (χ1n) is 5.98. The minimum absolute atomic E-state index is 0.822. The Balaban J connectivity index is 2.01. The summed E-state index contributed by atoms with van der Waals surface area (Å²) in [6.07, 6.45) is 8.42. The number of hydrogen-bond donors (Lipinski definition) is 0. The monoisotopic (exact) mass is 213 g/mol. The summed E-state index contributed by atoms with van der Waals surface area (Å²) < 4.78 is 5.78. The third kappa shape index (κ3) is 1.75. The normalized spacial score (nSPS) is 17.1. The molecule has 2 heteroatoms.